The van der Waals surface area contributed by atoms with Gasteiger partial charge in [-0.3, -0.25) is 14.2 Å². The highest BCUT2D eigenvalue weighted by atomic mass is 16.1. The number of nitriles is 1. The summed E-state index contributed by atoms with van der Waals surface area (Å²) in [4.78, 5) is 36.8. The maximum absolute atomic E-state index is 14.1. The number of H-pyrrole nitrogens is 1. The summed E-state index contributed by atoms with van der Waals surface area (Å²) in [6, 6.07) is 21.6. The molecule has 0 amide bonds. The summed E-state index contributed by atoms with van der Waals surface area (Å²) >= 11 is 0. The van der Waals surface area contributed by atoms with E-state index in [0.717, 1.165) is 5.39 Å². The number of nitrogens with one attached hydrogen (secondary N) is 2. The highest BCUT2D eigenvalue weighted by Gasteiger charge is 2.20. The molecule has 5 rings (SSSR count). The van der Waals surface area contributed by atoms with Crippen LogP contribution in [0.15, 0.2) is 88.7 Å². The van der Waals surface area contributed by atoms with E-state index >= 15 is 0 Å². The van der Waals surface area contributed by atoms with Gasteiger partial charge in [0.2, 0.25) is 11.5 Å². The lowest BCUT2D eigenvalue weighted by molar-refractivity contribution is 0.772. The van der Waals surface area contributed by atoms with E-state index in [4.69, 9.17) is 5.73 Å². The Morgan fingerprint density at radius 3 is 2.64 bits per heavy atom. The molecule has 1 unspecified atom stereocenters. The minimum absolute atomic E-state index is 0.0325. The van der Waals surface area contributed by atoms with Gasteiger partial charge in [0.15, 0.2) is 0 Å². The Hall–Kier alpha value is -5.23. The first-order valence-corrected chi connectivity index (χ1v) is 11.2. The molecule has 0 saturated heterocycles. The third-order valence-electron chi connectivity index (χ3n) is 5.90. The van der Waals surface area contributed by atoms with Crippen LogP contribution in [0.25, 0.3) is 27.6 Å². The van der Waals surface area contributed by atoms with Crippen molar-refractivity contribution in [3.8, 4) is 22.9 Å². The van der Waals surface area contributed by atoms with Gasteiger partial charge in [0.25, 0.3) is 5.56 Å². The Balaban J connectivity index is 1.76. The molecule has 0 aliphatic carbocycles. The van der Waals surface area contributed by atoms with E-state index in [9.17, 15) is 14.9 Å². The molecule has 4 N–H and O–H groups in total. The molecule has 0 bridgehead atoms. The van der Waals surface area contributed by atoms with E-state index in [0.29, 0.717) is 27.9 Å². The average molecular weight is 476 g/mol. The van der Waals surface area contributed by atoms with Gasteiger partial charge in [-0.15, -0.1) is 0 Å². The molecular weight excluding hydrogens is 454 g/mol. The van der Waals surface area contributed by atoms with Crippen molar-refractivity contribution in [3.05, 3.63) is 111 Å². The summed E-state index contributed by atoms with van der Waals surface area (Å²) in [5.74, 6) is 0.312. The van der Waals surface area contributed by atoms with Crippen LogP contribution in [0.4, 0.5) is 11.8 Å². The summed E-state index contributed by atoms with van der Waals surface area (Å²) in [6.45, 7) is 1.88. The van der Waals surface area contributed by atoms with Crippen molar-refractivity contribution in [2.75, 3.05) is 11.1 Å². The monoisotopic (exact) mass is 475 g/mol. The lowest BCUT2D eigenvalue weighted by Gasteiger charge is -2.22. The van der Waals surface area contributed by atoms with Crippen LogP contribution in [0.2, 0.25) is 0 Å². The Labute approximate surface area is 205 Å². The molecule has 0 saturated carbocycles. The van der Waals surface area contributed by atoms with Crippen LogP contribution < -0.4 is 22.2 Å². The van der Waals surface area contributed by atoms with E-state index in [-0.39, 0.29) is 28.4 Å². The zero-order valence-electron chi connectivity index (χ0n) is 19.3. The van der Waals surface area contributed by atoms with Gasteiger partial charge in [0.1, 0.15) is 17.5 Å². The van der Waals surface area contributed by atoms with Gasteiger partial charge in [0, 0.05) is 23.6 Å². The zero-order chi connectivity index (χ0) is 25.2. The fourth-order valence-corrected chi connectivity index (χ4v) is 4.26. The van der Waals surface area contributed by atoms with Gasteiger partial charge in [0.05, 0.1) is 17.6 Å². The molecule has 1 atom stereocenters. The molecule has 5 aromatic rings. The molecule has 3 heterocycles. The first-order chi connectivity index (χ1) is 17.5. The number of nitrogen functional groups attached to an aromatic ring is 1. The molecule has 0 radical (unpaired) electrons. The molecule has 176 valence electrons. The topological polar surface area (TPSA) is 142 Å². The molecule has 0 fully saturated rings. The van der Waals surface area contributed by atoms with Crippen LogP contribution in [0.1, 0.15) is 24.2 Å². The summed E-state index contributed by atoms with van der Waals surface area (Å²) in [6.07, 6.45) is 2.92. The highest BCUT2D eigenvalue weighted by molar-refractivity contribution is 5.96. The number of nitrogens with two attached hydrogens (primary N) is 1. The largest absolute Gasteiger partial charge is 0.368 e. The van der Waals surface area contributed by atoms with Crippen LogP contribution in [0, 0.1) is 11.3 Å². The van der Waals surface area contributed by atoms with E-state index in [2.05, 4.69) is 26.3 Å². The number of fused-ring (bicyclic) bond motifs is 1. The van der Waals surface area contributed by atoms with Crippen LogP contribution in [0.3, 0.4) is 0 Å². The van der Waals surface area contributed by atoms with E-state index in [1.54, 1.807) is 16.8 Å². The number of anilines is 2. The lowest BCUT2D eigenvalue weighted by atomic mass is 9.98. The van der Waals surface area contributed by atoms with Crippen LogP contribution in [0.5, 0.6) is 0 Å². The molecule has 2 aromatic carbocycles. The van der Waals surface area contributed by atoms with Crippen molar-refractivity contribution in [2.45, 2.75) is 13.0 Å². The van der Waals surface area contributed by atoms with Crippen molar-refractivity contribution < 1.29 is 0 Å². The first kappa shape index (κ1) is 22.6. The Morgan fingerprint density at radius 2 is 1.89 bits per heavy atom. The molecule has 36 heavy (non-hydrogen) atoms. The molecule has 9 nitrogen and oxygen atoms in total. The Bertz CT molecular complexity index is 1750. The number of nitrogens with zero attached hydrogens (tertiary/aromatic N) is 4. The van der Waals surface area contributed by atoms with Gasteiger partial charge in [-0.2, -0.15) is 10.2 Å². The Morgan fingerprint density at radius 1 is 1.08 bits per heavy atom. The van der Waals surface area contributed by atoms with Crippen molar-refractivity contribution >= 4 is 22.5 Å². The highest BCUT2D eigenvalue weighted by Crippen LogP contribution is 2.29. The molecule has 9 heteroatoms. The summed E-state index contributed by atoms with van der Waals surface area (Å²) in [7, 11) is 0. The van der Waals surface area contributed by atoms with Gasteiger partial charge in [-0.1, -0.05) is 36.4 Å². The quantitative estimate of drug-likeness (QED) is 0.351. The number of rotatable bonds is 5. The number of aromatic amines is 1. The molecule has 0 spiro atoms. The maximum atomic E-state index is 14.1. The van der Waals surface area contributed by atoms with Crippen LogP contribution in [-0.2, 0) is 0 Å². The smallest absolute Gasteiger partial charge is 0.263 e. The third kappa shape index (κ3) is 4.08. The minimum atomic E-state index is -0.438. The van der Waals surface area contributed by atoms with Crippen molar-refractivity contribution in [3.63, 3.8) is 0 Å². The summed E-state index contributed by atoms with van der Waals surface area (Å²) in [5, 5.41) is 13.9. The number of aromatic nitrogens is 4. The van der Waals surface area contributed by atoms with Crippen LogP contribution >= 0.6 is 0 Å². The fraction of sp³-hybridized carbons (Fsp3) is 0.0741. The molecule has 0 aliphatic heterocycles. The van der Waals surface area contributed by atoms with E-state index in [1.165, 1.54) is 12.3 Å². The number of hydrogen-bond donors (Lipinski definition) is 3. The Kier molecular flexibility index (Phi) is 5.76. The molecular formula is C27H21N7O2. The van der Waals surface area contributed by atoms with Crippen molar-refractivity contribution in [1.29, 1.82) is 5.26 Å². The standard InChI is InChI=1S/C27H21N7O2/c1-16(32-25-19(14-28)15-31-27(29)33-25)22-12-18-6-5-9-21(17-10-11-30-23(35)13-17)24(18)26(36)34(22)20-7-3-2-4-8-20/h2-13,15-16H,1H3,(H,30,35)(H3,29,31,32,33). The van der Waals surface area contributed by atoms with E-state index < -0.39 is 6.04 Å². The number of pyridine rings is 2. The zero-order valence-corrected chi connectivity index (χ0v) is 19.3. The normalized spacial score (nSPS) is 11.7. The minimum Gasteiger partial charge on any atom is -0.368 e. The number of para-hydroxylation sites is 1. The number of hydrogen-bond acceptors (Lipinski definition) is 7. The second-order valence-corrected chi connectivity index (χ2v) is 8.23. The number of benzene rings is 2. The SMILES string of the molecule is CC(Nc1nc(N)ncc1C#N)c1cc2cccc(-c3cc[nH]c(=O)c3)c2c(=O)n1-c1ccccc1. The van der Waals surface area contributed by atoms with Gasteiger partial charge < -0.3 is 16.0 Å². The van der Waals surface area contributed by atoms with Gasteiger partial charge in [-0.25, -0.2) is 4.98 Å². The van der Waals surface area contributed by atoms with Crippen LogP contribution in [-0.4, -0.2) is 19.5 Å². The summed E-state index contributed by atoms with van der Waals surface area (Å²) < 4.78 is 1.63. The molecule has 0 aliphatic rings. The predicted molar refractivity (Wildman–Crippen MR) is 139 cm³/mol. The van der Waals surface area contributed by atoms with Crippen molar-refractivity contribution in [1.82, 2.24) is 19.5 Å². The summed E-state index contributed by atoms with van der Waals surface area (Å²) in [5.41, 5.74) is 8.14. The fourth-order valence-electron chi connectivity index (χ4n) is 4.26. The van der Waals surface area contributed by atoms with Crippen molar-refractivity contribution in [2.24, 2.45) is 0 Å². The third-order valence-corrected chi connectivity index (χ3v) is 5.90. The first-order valence-electron chi connectivity index (χ1n) is 11.2. The second-order valence-electron chi connectivity index (χ2n) is 8.23. The maximum Gasteiger partial charge on any atom is 0.263 e. The van der Waals surface area contributed by atoms with Gasteiger partial charge >= 0.3 is 0 Å². The lowest BCUT2D eigenvalue weighted by Crippen LogP contribution is -2.26. The molecule has 3 aromatic heterocycles. The second kappa shape index (κ2) is 9.19. The predicted octanol–water partition coefficient (Wildman–Crippen LogP) is 3.76. The van der Waals surface area contributed by atoms with Gasteiger partial charge in [-0.05, 0) is 47.7 Å². The van der Waals surface area contributed by atoms with E-state index in [1.807, 2.05) is 61.5 Å². The average Bonchev–Trinajstić information content (AvgIpc) is 2.89.